The molecular weight excluding hydrogens is 503 g/mol. The van der Waals surface area contributed by atoms with Gasteiger partial charge in [-0.1, -0.05) is 37.1 Å². The summed E-state index contributed by atoms with van der Waals surface area (Å²) in [6.45, 7) is 4.22. The summed E-state index contributed by atoms with van der Waals surface area (Å²) in [5, 5.41) is 20.9. The van der Waals surface area contributed by atoms with Crippen molar-refractivity contribution >= 4 is 42.2 Å². The number of amides is 2. The summed E-state index contributed by atoms with van der Waals surface area (Å²) in [7, 11) is 0.548. The Hall–Kier alpha value is -2.94. The van der Waals surface area contributed by atoms with E-state index in [1.165, 1.54) is 11.0 Å². The number of rotatable bonds is 6. The lowest BCUT2D eigenvalue weighted by Crippen LogP contribution is -2.46. The minimum Gasteiger partial charge on any atom is -0.508 e. The Bertz CT molecular complexity index is 1310. The SMILES string of the molecule is CC(C)C1=C2[C@@H](CC/C(=C/c3ccc(O)cc3Cl)c3ccccn3)OB(O)C[C@@H]2[C@@H]2C(=O)N(C)C(=O)[C@@H]2C1. The number of aromatic nitrogens is 1. The number of aromatic hydroxyl groups is 1. The fourth-order valence-corrected chi connectivity index (χ4v) is 6.57. The molecule has 0 spiro atoms. The third kappa shape index (κ3) is 4.93. The quantitative estimate of drug-likeness (QED) is 0.312. The summed E-state index contributed by atoms with van der Waals surface area (Å²) in [6, 6.07) is 10.6. The van der Waals surface area contributed by atoms with Crippen molar-refractivity contribution in [2.75, 3.05) is 7.05 Å². The molecular formula is C29H32BClN2O5. The first-order valence-electron chi connectivity index (χ1n) is 13.1. The molecule has 1 aliphatic carbocycles. The number of hydrogen-bond donors (Lipinski definition) is 2. The molecule has 3 heterocycles. The summed E-state index contributed by atoms with van der Waals surface area (Å²) < 4.78 is 6.13. The second-order valence-electron chi connectivity index (χ2n) is 10.8. The van der Waals surface area contributed by atoms with E-state index in [4.69, 9.17) is 16.3 Å². The van der Waals surface area contributed by atoms with Crippen molar-refractivity contribution in [1.82, 2.24) is 9.88 Å². The maximum absolute atomic E-state index is 13.1. The van der Waals surface area contributed by atoms with E-state index in [9.17, 15) is 19.7 Å². The summed E-state index contributed by atoms with van der Waals surface area (Å²) in [5.74, 6) is -1.05. The number of imide groups is 1. The van der Waals surface area contributed by atoms with Crippen molar-refractivity contribution in [1.29, 1.82) is 0 Å². The number of benzene rings is 1. The molecule has 38 heavy (non-hydrogen) atoms. The lowest BCUT2D eigenvalue weighted by atomic mass is 9.57. The van der Waals surface area contributed by atoms with E-state index in [0.29, 0.717) is 30.6 Å². The second-order valence-corrected chi connectivity index (χ2v) is 11.2. The van der Waals surface area contributed by atoms with Gasteiger partial charge in [0.25, 0.3) is 0 Å². The van der Waals surface area contributed by atoms with E-state index in [0.717, 1.165) is 28.0 Å². The predicted molar refractivity (Wildman–Crippen MR) is 147 cm³/mol. The highest BCUT2D eigenvalue weighted by atomic mass is 35.5. The second kappa shape index (κ2) is 10.7. The monoisotopic (exact) mass is 534 g/mol. The first-order valence-corrected chi connectivity index (χ1v) is 13.5. The van der Waals surface area contributed by atoms with Gasteiger partial charge in [-0.15, -0.1) is 0 Å². The summed E-state index contributed by atoms with van der Waals surface area (Å²) in [4.78, 5) is 31.8. The highest BCUT2D eigenvalue weighted by Crippen LogP contribution is 2.51. The molecule has 2 aromatic rings. The number of phenols is 1. The maximum atomic E-state index is 13.1. The van der Waals surface area contributed by atoms with Gasteiger partial charge in [-0.2, -0.15) is 0 Å². The average Bonchev–Trinajstić information content (AvgIpc) is 3.11. The number of nitrogens with zero attached hydrogens (tertiary/aromatic N) is 2. The molecule has 2 amide bonds. The molecule has 2 saturated heterocycles. The summed E-state index contributed by atoms with van der Waals surface area (Å²) in [6.07, 6.45) is 5.30. The molecule has 5 rings (SSSR count). The molecule has 2 aliphatic heterocycles. The fourth-order valence-electron chi connectivity index (χ4n) is 6.34. The summed E-state index contributed by atoms with van der Waals surface area (Å²) >= 11 is 6.41. The van der Waals surface area contributed by atoms with Gasteiger partial charge in [0.05, 0.1) is 28.7 Å². The Morgan fingerprint density at radius 2 is 2.03 bits per heavy atom. The fraction of sp³-hybridized carbons (Fsp3) is 0.414. The van der Waals surface area contributed by atoms with Crippen LogP contribution in [0.2, 0.25) is 11.3 Å². The highest BCUT2D eigenvalue weighted by Gasteiger charge is 2.56. The molecule has 4 atom stereocenters. The Labute approximate surface area is 228 Å². The number of fused-ring (bicyclic) bond motifs is 3. The van der Waals surface area contributed by atoms with Crippen LogP contribution in [0.1, 0.15) is 44.4 Å². The van der Waals surface area contributed by atoms with Crippen molar-refractivity contribution in [3.8, 4) is 5.75 Å². The van der Waals surface area contributed by atoms with E-state index >= 15 is 0 Å². The largest absolute Gasteiger partial charge is 0.508 e. The molecule has 9 heteroatoms. The number of carbonyl (C=O) groups excluding carboxylic acids is 2. The van der Waals surface area contributed by atoms with Crippen molar-refractivity contribution in [2.45, 2.75) is 45.5 Å². The zero-order valence-corrected chi connectivity index (χ0v) is 22.6. The molecule has 0 radical (unpaired) electrons. The predicted octanol–water partition coefficient (Wildman–Crippen LogP) is 4.84. The third-order valence-corrected chi connectivity index (χ3v) is 8.47. The van der Waals surface area contributed by atoms with E-state index in [1.807, 2.05) is 24.3 Å². The summed E-state index contributed by atoms with van der Waals surface area (Å²) in [5.41, 5.74) is 4.73. The smallest absolute Gasteiger partial charge is 0.455 e. The molecule has 2 fully saturated rings. The zero-order chi connectivity index (χ0) is 27.1. The lowest BCUT2D eigenvalue weighted by Gasteiger charge is -2.44. The standard InChI is InChI=1S/C29H32BClN2O5/c1-16(2)20-14-21-27(29(36)33(3)28(21)35)22-15-30(37)38-25(26(20)22)10-8-18(24-6-4-5-11-32-24)12-17-7-9-19(34)13-23(17)31/h4-7,9,11-13,16,21-22,25,27,34,37H,8,10,14-15H2,1-3H3/b18-12-/t21-,22+,25-,27-/m1/s1. The van der Waals surface area contributed by atoms with E-state index in [2.05, 4.69) is 18.8 Å². The Morgan fingerprint density at radius 1 is 1.24 bits per heavy atom. The normalized spacial score (nSPS) is 25.8. The third-order valence-electron chi connectivity index (χ3n) is 8.14. The van der Waals surface area contributed by atoms with Gasteiger partial charge in [-0.25, -0.2) is 0 Å². The van der Waals surface area contributed by atoms with Crippen LogP contribution >= 0.6 is 11.6 Å². The number of pyridine rings is 1. The zero-order valence-electron chi connectivity index (χ0n) is 21.8. The Kier molecular flexibility index (Phi) is 7.49. The number of halogens is 1. The molecule has 198 valence electrons. The van der Waals surface area contributed by atoms with Crippen molar-refractivity contribution in [2.24, 2.45) is 23.7 Å². The van der Waals surface area contributed by atoms with Crippen LogP contribution < -0.4 is 0 Å². The average molecular weight is 535 g/mol. The van der Waals surface area contributed by atoms with Gasteiger partial charge in [0, 0.05) is 13.2 Å². The molecule has 1 aromatic heterocycles. The van der Waals surface area contributed by atoms with Crippen LogP contribution in [0, 0.1) is 23.7 Å². The van der Waals surface area contributed by atoms with E-state index in [-0.39, 0.29) is 35.3 Å². The minimum atomic E-state index is -1.01. The number of allylic oxidation sites excluding steroid dienone is 2. The Balaban J connectivity index is 1.50. The van der Waals surface area contributed by atoms with Crippen LogP contribution in [0.3, 0.4) is 0 Å². The number of likely N-dealkylation sites (tertiary alicyclic amines) is 1. The number of hydrogen-bond acceptors (Lipinski definition) is 6. The van der Waals surface area contributed by atoms with Gasteiger partial charge >= 0.3 is 7.12 Å². The van der Waals surface area contributed by atoms with Crippen molar-refractivity contribution in [3.05, 3.63) is 70.0 Å². The van der Waals surface area contributed by atoms with Crippen molar-refractivity contribution < 1.29 is 24.4 Å². The lowest BCUT2D eigenvalue weighted by molar-refractivity contribution is -0.138. The molecule has 0 saturated carbocycles. The maximum Gasteiger partial charge on any atom is 0.455 e. The molecule has 0 bridgehead atoms. The first kappa shape index (κ1) is 26.7. The van der Waals surface area contributed by atoms with Crippen LogP contribution in [-0.2, 0) is 14.2 Å². The van der Waals surface area contributed by atoms with Gasteiger partial charge in [0.1, 0.15) is 5.75 Å². The highest BCUT2D eigenvalue weighted by molar-refractivity contribution is 6.43. The van der Waals surface area contributed by atoms with E-state index < -0.39 is 19.1 Å². The van der Waals surface area contributed by atoms with Gasteiger partial charge < -0.3 is 14.8 Å². The van der Waals surface area contributed by atoms with Crippen LogP contribution in [0.25, 0.3) is 11.6 Å². The van der Waals surface area contributed by atoms with Crippen LogP contribution in [0.5, 0.6) is 5.75 Å². The molecule has 7 nitrogen and oxygen atoms in total. The Morgan fingerprint density at radius 3 is 2.71 bits per heavy atom. The molecule has 2 N–H and O–H groups in total. The van der Waals surface area contributed by atoms with Gasteiger partial charge in [0.2, 0.25) is 11.8 Å². The van der Waals surface area contributed by atoms with Crippen LogP contribution in [-0.4, -0.2) is 52.1 Å². The first-order chi connectivity index (χ1) is 18.2. The van der Waals surface area contributed by atoms with Crippen LogP contribution in [0.15, 0.2) is 53.7 Å². The van der Waals surface area contributed by atoms with E-state index in [1.54, 1.807) is 25.4 Å². The molecule has 1 aromatic carbocycles. The molecule has 0 unspecified atom stereocenters. The minimum absolute atomic E-state index is 0.0940. The number of carbonyl (C=O) groups is 2. The van der Waals surface area contributed by atoms with Gasteiger partial charge in [-0.3, -0.25) is 19.5 Å². The van der Waals surface area contributed by atoms with Gasteiger partial charge in [-0.05, 0) is 90.5 Å². The van der Waals surface area contributed by atoms with Crippen molar-refractivity contribution in [3.63, 3.8) is 0 Å². The molecule has 3 aliphatic rings. The van der Waals surface area contributed by atoms with Crippen LogP contribution in [0.4, 0.5) is 0 Å². The van der Waals surface area contributed by atoms with Gasteiger partial charge in [0.15, 0.2) is 0 Å². The number of phenolic OH excluding ortho intramolecular Hbond substituents is 1. The topological polar surface area (TPSA) is 100.0 Å².